The molecular formula is C47H58N6O11. The summed E-state index contributed by atoms with van der Waals surface area (Å²) >= 11 is 0. The molecule has 2 aromatic heterocycles. The van der Waals surface area contributed by atoms with Gasteiger partial charge in [0.1, 0.15) is 18.0 Å². The summed E-state index contributed by atoms with van der Waals surface area (Å²) in [5, 5.41) is 5.75. The van der Waals surface area contributed by atoms with Crippen LogP contribution < -0.4 is 25.0 Å². The normalized spacial score (nSPS) is 16.5. The van der Waals surface area contributed by atoms with Crippen LogP contribution in [0.4, 0.5) is 21.9 Å². The van der Waals surface area contributed by atoms with Crippen LogP contribution in [0, 0.1) is 6.92 Å². The third-order valence-electron chi connectivity index (χ3n) is 11.2. The zero-order valence-corrected chi connectivity index (χ0v) is 37.1. The molecule has 17 heteroatoms. The van der Waals surface area contributed by atoms with Crippen LogP contribution in [0.15, 0.2) is 73.6 Å². The maximum atomic E-state index is 14.0. The highest BCUT2D eigenvalue weighted by Gasteiger charge is 2.41. The standard InChI is InChI=1S/C47H58N6O11/c1-7-21-63-47(58)53(45(64-43-15-9-11-22-62-43)36-13-8-10-20-52(36)30-54)37-27-41(40(59-5)24-31(37)2)61-23-12-14-42(55)48-35-26-38(51(4)29-35)44(56)49-34-18-16-32(17-19-34)33-25-39(46(57)60-6)50(3)28-33/h7,16-19,24-30,36,43,45H,1,8-15,20-23H2,2-6H3,(H,48,55)(H,49,56). The van der Waals surface area contributed by atoms with Crippen LogP contribution >= 0.6 is 0 Å². The summed E-state index contributed by atoms with van der Waals surface area (Å²) in [5.41, 5.74) is 4.56. The van der Waals surface area contributed by atoms with Crippen molar-refractivity contribution < 1.29 is 52.4 Å². The number of carbonyl (C=O) groups is 5. The monoisotopic (exact) mass is 882 g/mol. The Kier molecular flexibility index (Phi) is 16.2. The lowest BCUT2D eigenvalue weighted by Crippen LogP contribution is -2.58. The molecule has 4 amide bonds. The molecule has 2 aromatic carbocycles. The van der Waals surface area contributed by atoms with Gasteiger partial charge in [-0.1, -0.05) is 24.8 Å². The topological polar surface area (TPSA) is 181 Å². The smallest absolute Gasteiger partial charge is 0.416 e. The average molecular weight is 883 g/mol. The minimum absolute atomic E-state index is 0.0462. The molecular weight excluding hydrogens is 825 g/mol. The average Bonchev–Trinajstić information content (AvgIpc) is 3.88. The molecule has 2 fully saturated rings. The predicted molar refractivity (Wildman–Crippen MR) is 240 cm³/mol. The lowest BCUT2D eigenvalue weighted by Gasteiger charge is -2.44. The predicted octanol–water partition coefficient (Wildman–Crippen LogP) is 7.19. The lowest BCUT2D eigenvalue weighted by atomic mass is 9.99. The van der Waals surface area contributed by atoms with Crippen LogP contribution in [-0.2, 0) is 42.6 Å². The Balaban J connectivity index is 1.09. The van der Waals surface area contributed by atoms with Crippen LogP contribution in [0.3, 0.4) is 0 Å². The first-order valence-electron chi connectivity index (χ1n) is 21.4. The minimum atomic E-state index is -0.948. The number of benzene rings is 2. The molecule has 0 spiro atoms. The van der Waals surface area contributed by atoms with Crippen LogP contribution in [0.2, 0.25) is 0 Å². The Morgan fingerprint density at radius 3 is 2.38 bits per heavy atom. The van der Waals surface area contributed by atoms with Crippen molar-refractivity contribution in [3.8, 4) is 22.6 Å². The number of likely N-dealkylation sites (tertiary alicyclic amines) is 1. The summed E-state index contributed by atoms with van der Waals surface area (Å²) in [5.74, 6) is -0.330. The quantitative estimate of drug-likeness (QED) is 0.0320. The molecule has 3 atom stereocenters. The first kappa shape index (κ1) is 46.9. The number of aryl methyl sites for hydroxylation is 3. The van der Waals surface area contributed by atoms with Gasteiger partial charge in [-0.25, -0.2) is 14.5 Å². The van der Waals surface area contributed by atoms with Crippen molar-refractivity contribution in [1.29, 1.82) is 0 Å². The molecule has 4 aromatic rings. The van der Waals surface area contributed by atoms with Crippen molar-refractivity contribution in [2.75, 3.05) is 56.1 Å². The van der Waals surface area contributed by atoms with E-state index in [-0.39, 0.29) is 31.4 Å². The summed E-state index contributed by atoms with van der Waals surface area (Å²) in [4.78, 5) is 67.9. The van der Waals surface area contributed by atoms with E-state index in [4.69, 9.17) is 28.4 Å². The second kappa shape index (κ2) is 22.2. The van der Waals surface area contributed by atoms with Gasteiger partial charge in [0.05, 0.1) is 38.2 Å². The number of piperidine rings is 1. The van der Waals surface area contributed by atoms with Crippen LogP contribution in [0.1, 0.15) is 77.9 Å². The molecule has 0 saturated carbocycles. The Morgan fingerprint density at radius 2 is 1.67 bits per heavy atom. The number of methoxy groups -OCH3 is 2. The van der Waals surface area contributed by atoms with E-state index in [2.05, 4.69) is 17.2 Å². The third kappa shape index (κ3) is 11.5. The Labute approximate surface area is 373 Å². The zero-order valence-electron chi connectivity index (χ0n) is 37.1. The second-order valence-electron chi connectivity index (χ2n) is 15.7. The number of rotatable bonds is 19. The number of amides is 4. The number of nitrogens with one attached hydrogen (secondary N) is 2. The van der Waals surface area contributed by atoms with Gasteiger partial charge in [-0.05, 0) is 93.3 Å². The highest BCUT2D eigenvalue weighted by Crippen LogP contribution is 2.39. The molecule has 0 bridgehead atoms. The van der Waals surface area contributed by atoms with E-state index in [1.807, 2.05) is 25.3 Å². The van der Waals surface area contributed by atoms with Crippen molar-refractivity contribution >= 4 is 47.3 Å². The van der Waals surface area contributed by atoms with Crippen LogP contribution in [-0.4, -0.2) is 103 Å². The van der Waals surface area contributed by atoms with Gasteiger partial charge in [0.15, 0.2) is 24.0 Å². The Hall–Kier alpha value is -6.59. The van der Waals surface area contributed by atoms with Crippen molar-refractivity contribution in [2.45, 2.75) is 76.9 Å². The van der Waals surface area contributed by atoms with Gasteiger partial charge in [0.25, 0.3) is 5.91 Å². The largest absolute Gasteiger partial charge is 0.493 e. The SMILES string of the molecule is C=CCOC(=O)N(c1cc(OCCCC(=O)Nc2cc(C(=O)Nc3ccc(-c4cc(C(=O)OC)n(C)c4)cc3)n(C)c2)c(OC)cc1C)C(OC1CCCCO1)C1CCCCN1C=O. The summed E-state index contributed by atoms with van der Waals surface area (Å²) in [6, 6.07) is 13.5. The minimum Gasteiger partial charge on any atom is -0.493 e. The highest BCUT2D eigenvalue weighted by atomic mass is 16.7. The molecule has 2 N–H and O–H groups in total. The maximum absolute atomic E-state index is 14.0. The molecule has 0 aliphatic carbocycles. The molecule has 3 unspecified atom stereocenters. The molecule has 0 radical (unpaired) electrons. The van der Waals surface area contributed by atoms with Gasteiger partial charge in [-0.15, -0.1) is 0 Å². The van der Waals surface area contributed by atoms with Crippen molar-refractivity contribution in [1.82, 2.24) is 14.0 Å². The van der Waals surface area contributed by atoms with E-state index in [9.17, 15) is 24.0 Å². The van der Waals surface area contributed by atoms with Gasteiger partial charge in [-0.3, -0.25) is 14.4 Å². The number of nitrogens with zero attached hydrogens (tertiary/aromatic N) is 4. The lowest BCUT2D eigenvalue weighted by molar-refractivity contribution is -0.201. The van der Waals surface area contributed by atoms with E-state index in [1.165, 1.54) is 25.2 Å². The number of anilines is 3. The first-order chi connectivity index (χ1) is 30.9. The van der Waals surface area contributed by atoms with Gasteiger partial charge >= 0.3 is 12.1 Å². The summed E-state index contributed by atoms with van der Waals surface area (Å²) in [6.07, 6.45) is 8.70. The van der Waals surface area contributed by atoms with Gasteiger partial charge < -0.3 is 53.1 Å². The van der Waals surface area contributed by atoms with Gasteiger partial charge in [0.2, 0.25) is 12.3 Å². The number of esters is 1. The molecule has 342 valence electrons. The van der Waals surface area contributed by atoms with E-state index in [0.29, 0.717) is 77.9 Å². The number of hydrogen-bond donors (Lipinski definition) is 2. The summed E-state index contributed by atoms with van der Waals surface area (Å²) in [6.45, 7) is 6.66. The zero-order chi connectivity index (χ0) is 45.8. The molecule has 64 heavy (non-hydrogen) atoms. The number of carbonyl (C=O) groups excluding carboxylic acids is 5. The number of ether oxygens (including phenoxy) is 6. The van der Waals surface area contributed by atoms with E-state index in [1.54, 1.807) is 70.7 Å². The number of hydrogen-bond acceptors (Lipinski definition) is 11. The molecule has 17 nitrogen and oxygen atoms in total. The maximum Gasteiger partial charge on any atom is 0.416 e. The fourth-order valence-corrected chi connectivity index (χ4v) is 7.90. The summed E-state index contributed by atoms with van der Waals surface area (Å²) in [7, 11) is 6.33. The fraction of sp³-hybridized carbons (Fsp3) is 0.426. The number of aromatic nitrogens is 2. The van der Waals surface area contributed by atoms with Gasteiger partial charge in [0, 0.05) is 63.4 Å². The Morgan fingerprint density at radius 1 is 0.906 bits per heavy atom. The van der Waals surface area contributed by atoms with Crippen molar-refractivity contribution in [2.24, 2.45) is 14.1 Å². The summed E-state index contributed by atoms with van der Waals surface area (Å²) < 4.78 is 38.3. The Bertz CT molecular complexity index is 2280. The second-order valence-corrected chi connectivity index (χ2v) is 15.7. The van der Waals surface area contributed by atoms with E-state index in [0.717, 1.165) is 43.2 Å². The van der Waals surface area contributed by atoms with E-state index >= 15 is 0 Å². The molecule has 4 heterocycles. The van der Waals surface area contributed by atoms with Crippen LogP contribution in [0.5, 0.6) is 11.5 Å². The molecule has 2 aliphatic rings. The molecule has 6 rings (SSSR count). The first-order valence-corrected chi connectivity index (χ1v) is 21.4. The van der Waals surface area contributed by atoms with E-state index < -0.39 is 30.6 Å². The molecule has 2 aliphatic heterocycles. The highest BCUT2D eigenvalue weighted by molar-refractivity contribution is 6.04. The third-order valence-corrected chi connectivity index (χ3v) is 11.2. The van der Waals surface area contributed by atoms with Crippen molar-refractivity contribution in [3.63, 3.8) is 0 Å². The van der Waals surface area contributed by atoms with Crippen LogP contribution in [0.25, 0.3) is 11.1 Å². The van der Waals surface area contributed by atoms with Gasteiger partial charge in [-0.2, -0.15) is 0 Å². The van der Waals surface area contributed by atoms with Crippen molar-refractivity contribution in [3.05, 3.63) is 90.5 Å². The molecule has 2 saturated heterocycles. The fourth-order valence-electron chi connectivity index (χ4n) is 7.90.